The zero-order valence-electron chi connectivity index (χ0n) is 20.5. The Kier molecular flexibility index (Phi) is 25.7. The zero-order valence-corrected chi connectivity index (χ0v) is 20.5. The first-order valence-corrected chi connectivity index (χ1v) is 13.1. The zero-order chi connectivity index (χ0) is 22.2. The molecule has 0 unspecified atom stereocenters. The van der Waals surface area contributed by atoms with Crippen LogP contribution in [0.4, 0.5) is 0 Å². The summed E-state index contributed by atoms with van der Waals surface area (Å²) in [7, 11) is 0. The number of ether oxygens (including phenoxy) is 1. The Morgan fingerprint density at radius 2 is 0.750 bits per heavy atom. The van der Waals surface area contributed by atoms with E-state index in [-0.39, 0.29) is 51.4 Å². The smallest absolute Gasteiger partial charge is 0.0184 e. The molecule has 0 atom stereocenters. The largest absolute Gasteiger partial charge is 0.0622 e. The average Bonchev–Trinajstić information content (AvgIpc) is 2.83. The number of unbranched alkanes of at least 4 members (excludes halogenated alkanes) is 12. The molecule has 0 saturated heterocycles. The molecular weight excluding hydrogens is 415 g/mol. The second-order valence-corrected chi connectivity index (χ2v) is 8.59. The predicted octanol–water partition coefficient (Wildman–Crippen LogP) is 9.21. The van der Waals surface area contributed by atoms with Crippen LogP contribution in [0, 0.1) is 0 Å². The Labute approximate surface area is 242 Å². The molecule has 0 bridgehead atoms. The van der Waals surface area contributed by atoms with Gasteiger partial charge in [0.25, 0.3) is 0 Å². The van der Waals surface area contributed by atoms with Gasteiger partial charge in [0.2, 0.25) is 0 Å². The molecule has 0 aliphatic heterocycles. The molecule has 2 rings (SSSR count). The van der Waals surface area contributed by atoms with Gasteiger partial charge in [0, 0.05) is 13.2 Å². The fraction of sp³-hybridized carbons (Fsp3) is 0.600. The van der Waals surface area contributed by atoms with Crippen LogP contribution in [0.5, 0.6) is 0 Å². The van der Waals surface area contributed by atoms with E-state index in [1.54, 1.807) is 0 Å². The first-order chi connectivity index (χ1) is 15.4. The second-order valence-electron chi connectivity index (χ2n) is 8.59. The van der Waals surface area contributed by atoms with Gasteiger partial charge >= 0.3 is 51.4 Å². The molecule has 0 radical (unpaired) electrons. The molecule has 176 valence electrons. The topological polar surface area (TPSA) is 9.23 Å². The summed E-state index contributed by atoms with van der Waals surface area (Å²) in [4.78, 5) is 0. The van der Waals surface area contributed by atoms with Crippen molar-refractivity contribution in [3.8, 4) is 11.1 Å². The average molecular weight is 465 g/mol. The maximum atomic E-state index is 5.69. The van der Waals surface area contributed by atoms with E-state index in [2.05, 4.69) is 62.4 Å². The van der Waals surface area contributed by atoms with Crippen molar-refractivity contribution in [2.75, 3.05) is 13.2 Å². The second kappa shape index (κ2) is 25.7. The van der Waals surface area contributed by atoms with Crippen molar-refractivity contribution in [2.45, 2.75) is 104 Å². The maximum Gasteiger partial charge on any atom is -0.0184 e. The Balaban J connectivity index is 0.000000631. The number of hydrogen-bond donors (Lipinski definition) is 0. The number of benzene rings is 2. The van der Waals surface area contributed by atoms with Crippen LogP contribution in [0.3, 0.4) is 0 Å². The molecule has 1 nitrogen and oxygen atoms in total. The van der Waals surface area contributed by atoms with Crippen LogP contribution in [0.2, 0.25) is 0 Å². The summed E-state index contributed by atoms with van der Waals surface area (Å²) in [5.74, 6) is 0. The maximum absolute atomic E-state index is 5.69. The van der Waals surface area contributed by atoms with E-state index in [0.717, 1.165) is 13.2 Å². The fourth-order valence-corrected chi connectivity index (χ4v) is 3.69. The molecule has 2 aromatic rings. The molecule has 2 aromatic carbocycles. The van der Waals surface area contributed by atoms with E-state index >= 15 is 0 Å². The Hall–Kier alpha value is 0.0364. The van der Waals surface area contributed by atoms with Crippen LogP contribution < -0.4 is 0 Å². The van der Waals surface area contributed by atoms with Crippen molar-refractivity contribution in [3.05, 3.63) is 60.7 Å². The van der Waals surface area contributed by atoms with Crippen molar-refractivity contribution in [3.63, 3.8) is 0 Å². The summed E-state index contributed by atoms with van der Waals surface area (Å²) in [5.41, 5.74) is 2.55. The van der Waals surface area contributed by atoms with E-state index in [4.69, 9.17) is 4.74 Å². The van der Waals surface area contributed by atoms with Crippen LogP contribution in [0.25, 0.3) is 11.1 Å². The third-order valence-corrected chi connectivity index (χ3v) is 5.67. The summed E-state index contributed by atoms with van der Waals surface area (Å²) < 4.78 is 5.69. The molecule has 2 heteroatoms. The molecule has 0 heterocycles. The molecule has 0 saturated carbocycles. The molecular formula is C30H49KO. The van der Waals surface area contributed by atoms with Gasteiger partial charge in [-0.05, 0) is 24.0 Å². The van der Waals surface area contributed by atoms with Gasteiger partial charge in [0.15, 0.2) is 0 Å². The van der Waals surface area contributed by atoms with Gasteiger partial charge < -0.3 is 4.74 Å². The van der Waals surface area contributed by atoms with Crippen molar-refractivity contribution in [1.82, 2.24) is 0 Å². The van der Waals surface area contributed by atoms with Gasteiger partial charge in [0.05, 0.1) is 0 Å². The van der Waals surface area contributed by atoms with Crippen LogP contribution >= 0.6 is 0 Å². The van der Waals surface area contributed by atoms with Crippen LogP contribution in [-0.4, -0.2) is 64.6 Å². The minimum absolute atomic E-state index is 0. The van der Waals surface area contributed by atoms with E-state index in [1.807, 2.05) is 12.1 Å². The molecule has 32 heavy (non-hydrogen) atoms. The third-order valence-electron chi connectivity index (χ3n) is 5.67. The van der Waals surface area contributed by atoms with Gasteiger partial charge in [-0.2, -0.15) is 0 Å². The Bertz CT molecular complexity index is 531. The quantitative estimate of drug-likeness (QED) is 0.167. The SMILES string of the molecule is CCCCCCCCCOCCCCCCCCC.[KH].c1ccc(-c2ccccc2)cc1. The molecule has 0 aliphatic rings. The third kappa shape index (κ3) is 19.5. The molecule has 0 fully saturated rings. The summed E-state index contributed by atoms with van der Waals surface area (Å²) in [6.07, 6.45) is 19.3. The van der Waals surface area contributed by atoms with Gasteiger partial charge in [-0.1, -0.05) is 152 Å². The Morgan fingerprint density at radius 1 is 0.438 bits per heavy atom. The van der Waals surface area contributed by atoms with Gasteiger partial charge in [-0.3, -0.25) is 0 Å². The minimum atomic E-state index is 0. The predicted molar refractivity (Wildman–Crippen MR) is 146 cm³/mol. The molecule has 0 amide bonds. The first kappa shape index (κ1) is 32.0. The van der Waals surface area contributed by atoms with E-state index in [9.17, 15) is 0 Å². The van der Waals surface area contributed by atoms with E-state index in [0.29, 0.717) is 0 Å². The van der Waals surface area contributed by atoms with E-state index in [1.165, 1.54) is 101 Å². The normalized spacial score (nSPS) is 10.2. The summed E-state index contributed by atoms with van der Waals surface area (Å²) >= 11 is 0. The van der Waals surface area contributed by atoms with Gasteiger partial charge in [-0.25, -0.2) is 0 Å². The fourth-order valence-electron chi connectivity index (χ4n) is 3.69. The van der Waals surface area contributed by atoms with E-state index < -0.39 is 0 Å². The minimum Gasteiger partial charge on any atom is -0.0622 e. The molecule has 0 aliphatic carbocycles. The van der Waals surface area contributed by atoms with Crippen LogP contribution in [0.1, 0.15) is 104 Å². The van der Waals surface area contributed by atoms with Gasteiger partial charge in [0.1, 0.15) is 0 Å². The van der Waals surface area contributed by atoms with Crippen LogP contribution in [-0.2, 0) is 4.74 Å². The number of hydrogen-bond acceptors (Lipinski definition) is 1. The van der Waals surface area contributed by atoms with Crippen LogP contribution in [0.15, 0.2) is 60.7 Å². The first-order valence-electron chi connectivity index (χ1n) is 13.1. The summed E-state index contributed by atoms with van der Waals surface area (Å²) in [6.45, 7) is 6.53. The monoisotopic (exact) mass is 464 g/mol. The van der Waals surface area contributed by atoms with Crippen molar-refractivity contribution in [1.29, 1.82) is 0 Å². The van der Waals surface area contributed by atoms with Crippen molar-refractivity contribution >= 4 is 51.4 Å². The Morgan fingerprint density at radius 3 is 1.09 bits per heavy atom. The summed E-state index contributed by atoms with van der Waals surface area (Å²) in [5, 5.41) is 0. The molecule has 0 N–H and O–H groups in total. The van der Waals surface area contributed by atoms with Crippen molar-refractivity contribution < 1.29 is 4.74 Å². The summed E-state index contributed by atoms with van der Waals surface area (Å²) in [6, 6.07) is 20.8. The molecule has 0 aromatic heterocycles. The number of rotatable bonds is 17. The molecule has 0 spiro atoms. The standard InChI is InChI=1S/C18H38O.C12H10.K.H/c1-3-5-7-9-11-13-15-17-19-18-16-14-12-10-8-6-4-2;1-3-7-11(8-4-1)12-9-5-2-6-10-12;;/h3-18H2,1-2H3;1-10H;;. The van der Waals surface area contributed by atoms with Gasteiger partial charge in [-0.15, -0.1) is 0 Å². The van der Waals surface area contributed by atoms with Crippen molar-refractivity contribution in [2.24, 2.45) is 0 Å².